The van der Waals surface area contributed by atoms with Crippen molar-refractivity contribution in [2.75, 3.05) is 11.9 Å². The first-order chi connectivity index (χ1) is 13.6. The van der Waals surface area contributed by atoms with Crippen molar-refractivity contribution in [3.63, 3.8) is 0 Å². The number of hydrogen-bond donors (Lipinski definition) is 2. The summed E-state index contributed by atoms with van der Waals surface area (Å²) in [6.07, 6.45) is 8.08. The van der Waals surface area contributed by atoms with Gasteiger partial charge in [-0.25, -0.2) is 9.37 Å². The third-order valence-electron chi connectivity index (χ3n) is 5.39. The molecule has 2 N–H and O–H groups in total. The minimum atomic E-state index is -0.672. The highest BCUT2D eigenvalue weighted by Crippen LogP contribution is 2.30. The molecule has 0 aliphatic heterocycles. The van der Waals surface area contributed by atoms with E-state index in [2.05, 4.69) is 15.3 Å². The first-order valence-corrected chi connectivity index (χ1v) is 9.77. The van der Waals surface area contributed by atoms with Crippen molar-refractivity contribution in [3.05, 3.63) is 66.7 Å². The number of benzene rings is 2. The van der Waals surface area contributed by atoms with Crippen LogP contribution in [0, 0.1) is 5.82 Å². The van der Waals surface area contributed by atoms with Crippen LogP contribution in [0.4, 0.5) is 10.2 Å². The maximum atomic E-state index is 15.1. The summed E-state index contributed by atoms with van der Waals surface area (Å²) in [5.74, 6) is 0.280. The zero-order valence-electron chi connectivity index (χ0n) is 15.7. The number of aliphatic hydroxyl groups is 1. The quantitative estimate of drug-likeness (QED) is 0.653. The smallest absolute Gasteiger partial charge is 0.144 e. The van der Waals surface area contributed by atoms with Gasteiger partial charge >= 0.3 is 0 Å². The van der Waals surface area contributed by atoms with Crippen LogP contribution in [0.25, 0.3) is 22.4 Å². The summed E-state index contributed by atoms with van der Waals surface area (Å²) >= 11 is 0. The van der Waals surface area contributed by atoms with Gasteiger partial charge in [0.15, 0.2) is 0 Å². The summed E-state index contributed by atoms with van der Waals surface area (Å²) < 4.78 is 15.1. The van der Waals surface area contributed by atoms with Gasteiger partial charge in [-0.2, -0.15) is 0 Å². The van der Waals surface area contributed by atoms with Gasteiger partial charge in [-0.15, -0.1) is 0 Å². The van der Waals surface area contributed by atoms with E-state index in [0.29, 0.717) is 29.2 Å². The largest absolute Gasteiger partial charge is 0.388 e. The number of aromatic nitrogens is 2. The third-order valence-corrected chi connectivity index (χ3v) is 5.39. The first-order valence-electron chi connectivity index (χ1n) is 9.77. The second-order valence-electron chi connectivity index (χ2n) is 7.46. The van der Waals surface area contributed by atoms with Crippen molar-refractivity contribution < 1.29 is 9.50 Å². The number of hydrogen-bond acceptors (Lipinski definition) is 4. The lowest BCUT2D eigenvalue weighted by molar-refractivity contribution is 0.0166. The number of anilines is 1. The molecule has 1 fully saturated rings. The molecule has 4 nitrogen and oxygen atoms in total. The molecular weight excluding hydrogens is 353 g/mol. The van der Waals surface area contributed by atoms with Gasteiger partial charge in [0.2, 0.25) is 0 Å². The van der Waals surface area contributed by atoms with Crippen LogP contribution in [-0.2, 0) is 0 Å². The highest BCUT2D eigenvalue weighted by Gasteiger charge is 2.28. The van der Waals surface area contributed by atoms with Crippen LogP contribution >= 0.6 is 0 Å². The van der Waals surface area contributed by atoms with E-state index in [0.717, 1.165) is 31.2 Å². The van der Waals surface area contributed by atoms with Crippen LogP contribution < -0.4 is 5.32 Å². The number of halogens is 1. The predicted molar refractivity (Wildman–Crippen MR) is 109 cm³/mol. The van der Waals surface area contributed by atoms with Crippen LogP contribution in [0.2, 0.25) is 0 Å². The average molecular weight is 377 g/mol. The van der Waals surface area contributed by atoms with E-state index in [-0.39, 0.29) is 5.82 Å². The van der Waals surface area contributed by atoms with Gasteiger partial charge in [-0.1, -0.05) is 61.7 Å². The molecule has 3 aromatic rings. The molecule has 1 aliphatic carbocycles. The van der Waals surface area contributed by atoms with Crippen molar-refractivity contribution >= 4 is 5.82 Å². The second-order valence-corrected chi connectivity index (χ2v) is 7.46. The van der Waals surface area contributed by atoms with Gasteiger partial charge in [0.05, 0.1) is 23.7 Å². The SMILES string of the molecule is OC1(CNc2cnc(-c3cccc(-c4ccccc4)c3F)cn2)CCCCC1. The number of rotatable bonds is 5. The third kappa shape index (κ3) is 4.04. The summed E-state index contributed by atoms with van der Waals surface area (Å²) in [7, 11) is 0. The van der Waals surface area contributed by atoms with Gasteiger partial charge in [0.25, 0.3) is 0 Å². The standard InChI is InChI=1S/C23H24FN3O/c24-22-18(17-8-3-1-4-9-17)10-7-11-19(22)20-14-26-21(15-25-20)27-16-23(28)12-5-2-6-13-23/h1,3-4,7-11,14-15,28H,2,5-6,12-13,16H2,(H,26,27). The minimum absolute atomic E-state index is 0.305. The van der Waals surface area contributed by atoms with Crippen molar-refractivity contribution in [1.29, 1.82) is 0 Å². The lowest BCUT2D eigenvalue weighted by atomic mass is 9.85. The fourth-order valence-electron chi connectivity index (χ4n) is 3.77. The van der Waals surface area contributed by atoms with Crippen molar-refractivity contribution in [3.8, 4) is 22.4 Å². The molecule has 1 saturated carbocycles. The monoisotopic (exact) mass is 377 g/mol. The Morgan fingerprint density at radius 1 is 0.893 bits per heavy atom. The first kappa shape index (κ1) is 18.6. The van der Waals surface area contributed by atoms with Gasteiger partial charge in [0, 0.05) is 17.7 Å². The summed E-state index contributed by atoms with van der Waals surface area (Å²) in [4.78, 5) is 8.75. The van der Waals surface area contributed by atoms with E-state index >= 15 is 4.39 Å². The van der Waals surface area contributed by atoms with Gasteiger partial charge in [-0.3, -0.25) is 4.98 Å². The molecule has 5 heteroatoms. The zero-order valence-corrected chi connectivity index (χ0v) is 15.7. The summed E-state index contributed by atoms with van der Waals surface area (Å²) in [6.45, 7) is 0.457. The Balaban J connectivity index is 1.51. The molecule has 4 rings (SSSR count). The lowest BCUT2D eigenvalue weighted by Gasteiger charge is -2.32. The number of nitrogens with zero attached hydrogens (tertiary/aromatic N) is 2. The maximum Gasteiger partial charge on any atom is 0.144 e. The van der Waals surface area contributed by atoms with Crippen LogP contribution in [0.15, 0.2) is 60.9 Å². The molecule has 1 heterocycles. The molecule has 0 saturated heterocycles. The highest BCUT2D eigenvalue weighted by molar-refractivity contribution is 5.72. The molecule has 1 aromatic heterocycles. The van der Waals surface area contributed by atoms with Crippen LogP contribution in [0.3, 0.4) is 0 Å². The second kappa shape index (κ2) is 8.07. The Labute approximate surface area is 164 Å². The molecule has 0 bridgehead atoms. The lowest BCUT2D eigenvalue weighted by Crippen LogP contribution is -2.38. The van der Waals surface area contributed by atoms with E-state index in [1.165, 1.54) is 6.42 Å². The Hall–Kier alpha value is -2.79. The van der Waals surface area contributed by atoms with E-state index < -0.39 is 5.60 Å². The summed E-state index contributed by atoms with van der Waals surface area (Å²) in [6, 6.07) is 14.8. The molecule has 0 atom stereocenters. The summed E-state index contributed by atoms with van der Waals surface area (Å²) in [5, 5.41) is 13.7. The minimum Gasteiger partial charge on any atom is -0.388 e. The molecular formula is C23H24FN3O. The van der Waals surface area contributed by atoms with Crippen LogP contribution in [-0.4, -0.2) is 27.2 Å². The van der Waals surface area contributed by atoms with Crippen molar-refractivity contribution in [2.45, 2.75) is 37.7 Å². The van der Waals surface area contributed by atoms with E-state index in [9.17, 15) is 5.11 Å². The zero-order chi connectivity index (χ0) is 19.4. The normalized spacial score (nSPS) is 15.9. The predicted octanol–water partition coefficient (Wildman–Crippen LogP) is 5.06. The van der Waals surface area contributed by atoms with E-state index in [1.54, 1.807) is 24.5 Å². The van der Waals surface area contributed by atoms with E-state index in [4.69, 9.17) is 0 Å². The Kier molecular flexibility index (Phi) is 5.35. The Morgan fingerprint density at radius 3 is 2.36 bits per heavy atom. The fourth-order valence-corrected chi connectivity index (χ4v) is 3.77. The Morgan fingerprint density at radius 2 is 1.64 bits per heavy atom. The van der Waals surface area contributed by atoms with Gasteiger partial charge < -0.3 is 10.4 Å². The molecule has 0 radical (unpaired) electrons. The average Bonchev–Trinajstić information content (AvgIpc) is 2.74. The van der Waals surface area contributed by atoms with Crippen molar-refractivity contribution in [1.82, 2.24) is 9.97 Å². The number of nitrogens with one attached hydrogen (secondary N) is 1. The van der Waals surface area contributed by atoms with E-state index in [1.807, 2.05) is 36.4 Å². The van der Waals surface area contributed by atoms with Crippen LogP contribution in [0.5, 0.6) is 0 Å². The van der Waals surface area contributed by atoms with Crippen molar-refractivity contribution in [2.24, 2.45) is 0 Å². The van der Waals surface area contributed by atoms with Gasteiger partial charge in [0.1, 0.15) is 11.6 Å². The molecule has 28 heavy (non-hydrogen) atoms. The summed E-state index contributed by atoms with van der Waals surface area (Å²) in [5.41, 5.74) is 1.60. The fraction of sp³-hybridized carbons (Fsp3) is 0.304. The molecule has 1 aliphatic rings. The topological polar surface area (TPSA) is 58.0 Å². The highest BCUT2D eigenvalue weighted by atomic mass is 19.1. The molecule has 0 unspecified atom stereocenters. The molecule has 0 spiro atoms. The molecule has 2 aromatic carbocycles. The van der Waals surface area contributed by atoms with Crippen LogP contribution in [0.1, 0.15) is 32.1 Å². The van der Waals surface area contributed by atoms with Gasteiger partial charge in [-0.05, 0) is 24.5 Å². The molecule has 0 amide bonds. The molecule has 144 valence electrons. The maximum absolute atomic E-state index is 15.1. The Bertz CT molecular complexity index is 922.